The van der Waals surface area contributed by atoms with Crippen LogP contribution in [0.15, 0.2) is 57.4 Å². The molecule has 0 amide bonds. The highest BCUT2D eigenvalue weighted by molar-refractivity contribution is 7.92. The van der Waals surface area contributed by atoms with Crippen molar-refractivity contribution in [3.63, 3.8) is 0 Å². The van der Waals surface area contributed by atoms with Crippen molar-refractivity contribution in [1.29, 1.82) is 0 Å². The summed E-state index contributed by atoms with van der Waals surface area (Å²) in [4.78, 5) is 4.06. The fourth-order valence-corrected chi connectivity index (χ4v) is 4.93. The Hall–Kier alpha value is -2.70. The van der Waals surface area contributed by atoms with E-state index in [1.807, 2.05) is 0 Å². The van der Waals surface area contributed by atoms with Crippen LogP contribution in [-0.4, -0.2) is 42.3 Å². The average Bonchev–Trinajstić information content (AvgIpc) is 2.63. The molecule has 0 unspecified atom stereocenters. The van der Waals surface area contributed by atoms with Gasteiger partial charge in [0.25, 0.3) is 0 Å². The van der Waals surface area contributed by atoms with Crippen molar-refractivity contribution in [2.75, 3.05) is 19.5 Å². The lowest BCUT2D eigenvalue weighted by atomic mass is 10.2. The van der Waals surface area contributed by atoms with Crippen LogP contribution in [0.2, 0.25) is 0 Å². The van der Waals surface area contributed by atoms with Gasteiger partial charge in [-0.3, -0.25) is 0 Å². The molecule has 2 rings (SSSR count). The number of rotatable bonds is 10. The molecule has 31 heavy (non-hydrogen) atoms. The normalized spacial score (nSPS) is 11.2. The largest absolute Gasteiger partial charge is 0.493 e. The van der Waals surface area contributed by atoms with Crippen LogP contribution >= 0.6 is 12.4 Å². The molecule has 0 aliphatic heterocycles. The molecule has 0 spiro atoms. The van der Waals surface area contributed by atoms with Gasteiger partial charge < -0.3 is 25.2 Å². The molecule has 2 aromatic carbocycles. The van der Waals surface area contributed by atoms with E-state index in [2.05, 4.69) is 5.16 Å². The van der Waals surface area contributed by atoms with E-state index in [4.69, 9.17) is 25.2 Å². The number of ether oxygens (including phenoxy) is 1. The Bertz CT molecular complexity index is 1130. The van der Waals surface area contributed by atoms with Gasteiger partial charge in [-0.1, -0.05) is 12.1 Å². The van der Waals surface area contributed by atoms with Crippen molar-refractivity contribution >= 4 is 38.3 Å². The fourth-order valence-electron chi connectivity index (χ4n) is 2.41. The van der Waals surface area contributed by atoms with Crippen LogP contribution in [0.25, 0.3) is 0 Å². The molecule has 0 bridgehead atoms. The second kappa shape index (κ2) is 11.1. The quantitative estimate of drug-likeness (QED) is 0.164. The summed E-state index contributed by atoms with van der Waals surface area (Å²) >= 11 is 0. The van der Waals surface area contributed by atoms with E-state index in [-0.39, 0.29) is 42.2 Å². The Labute approximate surface area is 187 Å². The summed E-state index contributed by atoms with van der Waals surface area (Å²) in [7, 11) is -8.17. The minimum atomic E-state index is -4.39. The Balaban J connectivity index is 0.00000480. The fraction of sp³-hybridized carbons (Fsp3) is 0.278. The molecule has 0 aliphatic rings. The zero-order valence-corrected chi connectivity index (χ0v) is 19.3. The van der Waals surface area contributed by atoms with Gasteiger partial charge in [0.15, 0.2) is 9.84 Å². The van der Waals surface area contributed by atoms with Crippen molar-refractivity contribution in [2.45, 2.75) is 23.1 Å². The number of aryl methyl sites for hydroxylation is 1. The maximum atomic E-state index is 12.7. The molecule has 0 heterocycles. The third-order valence-corrected chi connectivity index (χ3v) is 6.16. The Morgan fingerprint density at radius 2 is 1.58 bits per heavy atom. The molecule has 0 saturated carbocycles. The summed E-state index contributed by atoms with van der Waals surface area (Å²) in [6, 6.07) is 9.82. The van der Waals surface area contributed by atoms with Crippen molar-refractivity contribution in [3.05, 3.63) is 48.0 Å². The standard InChI is InChI=1S/C18H23N3O7S2.ClH/c1-13-10-14(26-8-5-9-27-21-18(19)20)12-15(11-13)28-30(24,25)17-7-4-3-6-16(17)29(2,22)23;/h3-4,6-7,10-12H,5,8-9H2,1-2H3,(H4,19,20,21);1H. The molecule has 2 aromatic rings. The molecular weight excluding hydrogens is 470 g/mol. The molecule has 13 heteroatoms. The number of guanidine groups is 1. The number of oxime groups is 1. The maximum Gasteiger partial charge on any atom is 0.340 e. The molecule has 172 valence electrons. The number of hydrogen-bond donors (Lipinski definition) is 2. The van der Waals surface area contributed by atoms with E-state index in [1.165, 1.54) is 36.4 Å². The molecule has 0 radical (unpaired) electrons. The third kappa shape index (κ3) is 8.15. The lowest BCUT2D eigenvalue weighted by Gasteiger charge is -2.12. The van der Waals surface area contributed by atoms with E-state index in [0.717, 1.165) is 6.26 Å². The summed E-state index contributed by atoms with van der Waals surface area (Å²) in [6.45, 7) is 2.22. The lowest BCUT2D eigenvalue weighted by molar-refractivity contribution is 0.127. The second-order valence-corrected chi connectivity index (χ2v) is 9.79. The highest BCUT2D eigenvalue weighted by Gasteiger charge is 2.25. The molecule has 0 aromatic heterocycles. The summed E-state index contributed by atoms with van der Waals surface area (Å²) in [5, 5.41) is 3.38. The minimum absolute atomic E-state index is 0. The first-order valence-electron chi connectivity index (χ1n) is 8.68. The molecule has 4 N–H and O–H groups in total. The summed E-state index contributed by atoms with van der Waals surface area (Å²) < 4.78 is 60.0. The van der Waals surface area contributed by atoms with Crippen LogP contribution in [0.5, 0.6) is 11.5 Å². The zero-order chi connectivity index (χ0) is 22.4. The SMILES string of the molecule is Cc1cc(OCCCON=C(N)N)cc(OS(=O)(=O)c2ccccc2S(C)(=O)=O)c1.Cl. The van der Waals surface area contributed by atoms with Crippen molar-refractivity contribution in [1.82, 2.24) is 0 Å². The number of nitrogens with two attached hydrogens (primary N) is 2. The Kier molecular flexibility index (Phi) is 9.40. The van der Waals surface area contributed by atoms with E-state index < -0.39 is 24.9 Å². The number of nitrogens with zero attached hydrogens (tertiary/aromatic N) is 1. The number of sulfone groups is 1. The Morgan fingerprint density at radius 3 is 2.19 bits per heavy atom. The molecule has 0 aliphatic carbocycles. The van der Waals surface area contributed by atoms with Crippen molar-refractivity contribution < 1.29 is 30.6 Å². The number of halogens is 1. The number of hydrogen-bond acceptors (Lipinski definition) is 8. The van der Waals surface area contributed by atoms with Crippen LogP contribution < -0.4 is 20.4 Å². The molecule has 10 nitrogen and oxygen atoms in total. The zero-order valence-electron chi connectivity index (χ0n) is 16.8. The van der Waals surface area contributed by atoms with E-state index in [9.17, 15) is 16.8 Å². The van der Waals surface area contributed by atoms with Gasteiger partial charge in [-0.05, 0) is 41.9 Å². The van der Waals surface area contributed by atoms with Gasteiger partial charge in [0.05, 0.1) is 11.5 Å². The highest BCUT2D eigenvalue weighted by atomic mass is 35.5. The predicted octanol–water partition coefficient (Wildman–Crippen LogP) is 1.56. The van der Waals surface area contributed by atoms with E-state index in [1.54, 1.807) is 13.0 Å². The monoisotopic (exact) mass is 493 g/mol. The minimum Gasteiger partial charge on any atom is -0.493 e. The highest BCUT2D eigenvalue weighted by Crippen LogP contribution is 2.28. The third-order valence-electron chi connectivity index (χ3n) is 3.57. The summed E-state index contributed by atoms with van der Waals surface area (Å²) in [6.07, 6.45) is 1.40. The summed E-state index contributed by atoms with van der Waals surface area (Å²) in [5.41, 5.74) is 11.0. The van der Waals surface area contributed by atoms with Gasteiger partial charge in [0.1, 0.15) is 23.0 Å². The van der Waals surface area contributed by atoms with Crippen LogP contribution in [0, 0.1) is 6.92 Å². The van der Waals surface area contributed by atoms with Crippen LogP contribution in [0.3, 0.4) is 0 Å². The number of benzene rings is 2. The van der Waals surface area contributed by atoms with Gasteiger partial charge in [-0.25, -0.2) is 8.42 Å². The van der Waals surface area contributed by atoms with Gasteiger partial charge in [-0.15, -0.1) is 12.4 Å². The molecule has 0 atom stereocenters. The average molecular weight is 494 g/mol. The first-order chi connectivity index (χ1) is 14.0. The van der Waals surface area contributed by atoms with Crippen LogP contribution in [0.1, 0.15) is 12.0 Å². The van der Waals surface area contributed by atoms with Gasteiger partial charge >= 0.3 is 10.1 Å². The van der Waals surface area contributed by atoms with Gasteiger partial charge in [-0.2, -0.15) is 8.42 Å². The first-order valence-corrected chi connectivity index (χ1v) is 12.0. The van der Waals surface area contributed by atoms with Crippen LogP contribution in [0.4, 0.5) is 0 Å². The van der Waals surface area contributed by atoms with Gasteiger partial charge in [0, 0.05) is 18.7 Å². The molecule has 0 fully saturated rings. The second-order valence-electron chi connectivity index (χ2n) is 6.29. The first kappa shape index (κ1) is 26.3. The Morgan fingerprint density at radius 1 is 0.968 bits per heavy atom. The molecular formula is C18H24ClN3O7S2. The van der Waals surface area contributed by atoms with E-state index >= 15 is 0 Å². The van der Waals surface area contributed by atoms with E-state index in [0.29, 0.717) is 17.7 Å². The summed E-state index contributed by atoms with van der Waals surface area (Å²) in [5.74, 6) is 0.179. The lowest BCUT2D eigenvalue weighted by Crippen LogP contribution is -2.23. The van der Waals surface area contributed by atoms with Gasteiger partial charge in [0.2, 0.25) is 5.96 Å². The topological polar surface area (TPSA) is 160 Å². The maximum absolute atomic E-state index is 12.7. The molecule has 0 saturated heterocycles. The van der Waals surface area contributed by atoms with Crippen molar-refractivity contribution in [2.24, 2.45) is 16.6 Å². The van der Waals surface area contributed by atoms with Crippen LogP contribution in [-0.2, 0) is 24.8 Å². The van der Waals surface area contributed by atoms with Crippen molar-refractivity contribution in [3.8, 4) is 11.5 Å². The smallest absolute Gasteiger partial charge is 0.340 e. The predicted molar refractivity (Wildman–Crippen MR) is 118 cm³/mol.